The maximum absolute atomic E-state index is 14.0. The molecule has 5 aromatic rings. The summed E-state index contributed by atoms with van der Waals surface area (Å²) in [7, 11) is 0. The zero-order chi connectivity index (χ0) is 51.3. The fourth-order valence-electron chi connectivity index (χ4n) is 9.81. The van der Waals surface area contributed by atoms with E-state index in [4.69, 9.17) is 4.98 Å². The van der Waals surface area contributed by atoms with E-state index in [1.807, 2.05) is 69.6 Å². The lowest BCUT2D eigenvalue weighted by molar-refractivity contribution is -0.144. The number of fused-ring (bicyclic) bond motifs is 1. The van der Waals surface area contributed by atoms with Gasteiger partial charge in [-0.1, -0.05) is 63.8 Å². The van der Waals surface area contributed by atoms with Crippen molar-refractivity contribution in [3.63, 3.8) is 0 Å². The van der Waals surface area contributed by atoms with Crippen LogP contribution in [0, 0.1) is 31.1 Å². The number of β-amino-alcohol motifs (C(OH)–C–C–N with tert-alkyl or cyclic N) is 1. The average molecular weight is 998 g/mol. The third-order valence-electron chi connectivity index (χ3n) is 13.8. The van der Waals surface area contributed by atoms with Gasteiger partial charge in [0, 0.05) is 76.2 Å². The average Bonchev–Trinajstić information content (AvgIpc) is 4.14. The number of carbonyl (C=O) groups excluding carboxylic acids is 5. The number of carbonyl (C=O) groups is 5. The molecule has 4 aromatic heterocycles. The molecular formula is C53H63N11O7S. The number of piperazine rings is 1. The number of ketones is 1. The number of benzene rings is 1. The Bertz CT molecular complexity index is 2960. The summed E-state index contributed by atoms with van der Waals surface area (Å²) in [5.41, 5.74) is 5.84. The van der Waals surface area contributed by atoms with Gasteiger partial charge in [0.05, 0.1) is 46.1 Å². The van der Waals surface area contributed by atoms with Crippen molar-refractivity contribution in [2.45, 2.75) is 124 Å². The molecule has 8 rings (SSSR count). The predicted octanol–water partition coefficient (Wildman–Crippen LogP) is 5.62. The summed E-state index contributed by atoms with van der Waals surface area (Å²) in [6.07, 6.45) is 6.54. The van der Waals surface area contributed by atoms with E-state index in [1.54, 1.807) is 40.1 Å². The highest BCUT2D eigenvalue weighted by atomic mass is 32.1. The maximum Gasteiger partial charge on any atom is 0.263 e. The van der Waals surface area contributed by atoms with Crippen LogP contribution < -0.4 is 26.4 Å². The van der Waals surface area contributed by atoms with E-state index in [9.17, 15) is 33.9 Å². The highest BCUT2D eigenvalue weighted by Crippen LogP contribution is 2.33. The van der Waals surface area contributed by atoms with E-state index in [1.165, 1.54) is 11.8 Å². The zero-order valence-corrected chi connectivity index (χ0v) is 42.6. The molecule has 1 unspecified atom stereocenters. The Morgan fingerprint density at radius 2 is 1.67 bits per heavy atom. The number of hydrogen-bond donors (Lipinski definition) is 4. The summed E-state index contributed by atoms with van der Waals surface area (Å²) in [4.78, 5) is 105. The van der Waals surface area contributed by atoms with Crippen LogP contribution in [0.1, 0.15) is 112 Å². The molecular weight excluding hydrogens is 935 g/mol. The summed E-state index contributed by atoms with van der Waals surface area (Å²) in [5, 5.41) is 20.2. The van der Waals surface area contributed by atoms with Crippen molar-refractivity contribution in [3.05, 3.63) is 87.0 Å². The first-order valence-electron chi connectivity index (χ1n) is 24.7. The molecule has 0 spiro atoms. The highest BCUT2D eigenvalue weighted by Gasteiger charge is 2.44. The van der Waals surface area contributed by atoms with E-state index in [0.29, 0.717) is 48.6 Å². The van der Waals surface area contributed by atoms with Gasteiger partial charge < -0.3 is 35.8 Å². The molecule has 6 heterocycles. The summed E-state index contributed by atoms with van der Waals surface area (Å²) in [6, 6.07) is 9.73. The van der Waals surface area contributed by atoms with E-state index in [2.05, 4.69) is 47.6 Å². The number of amides is 4. The lowest BCUT2D eigenvalue weighted by Crippen LogP contribution is -2.57. The third kappa shape index (κ3) is 11.7. The molecule has 3 atom stereocenters. The fourth-order valence-corrected chi connectivity index (χ4v) is 10.6. The van der Waals surface area contributed by atoms with Crippen LogP contribution in [0.25, 0.3) is 21.5 Å². The van der Waals surface area contributed by atoms with Crippen LogP contribution in [0.15, 0.2) is 59.1 Å². The first-order valence-corrected chi connectivity index (χ1v) is 25.5. The third-order valence-corrected chi connectivity index (χ3v) is 14.8. The van der Waals surface area contributed by atoms with E-state index < -0.39 is 29.5 Å². The van der Waals surface area contributed by atoms with Crippen molar-refractivity contribution in [2.75, 3.05) is 42.9 Å². The number of likely N-dealkylation sites (tertiary alicyclic amines) is 1. The molecule has 2 aliphatic heterocycles. The molecule has 4 amide bonds. The van der Waals surface area contributed by atoms with Gasteiger partial charge in [0.1, 0.15) is 23.5 Å². The Balaban J connectivity index is 0.782. The van der Waals surface area contributed by atoms with Crippen LogP contribution in [0.5, 0.6) is 0 Å². The number of nitrogens with one attached hydrogen (secondary N) is 3. The van der Waals surface area contributed by atoms with Gasteiger partial charge in [0.25, 0.3) is 5.56 Å². The molecule has 1 saturated carbocycles. The van der Waals surface area contributed by atoms with Crippen LogP contribution >= 0.6 is 11.3 Å². The number of hydrogen-bond acceptors (Lipinski definition) is 14. The topological polar surface area (TPSA) is 225 Å². The van der Waals surface area contributed by atoms with Crippen molar-refractivity contribution in [2.24, 2.45) is 5.41 Å². The molecule has 0 radical (unpaired) electrons. The second-order valence-electron chi connectivity index (χ2n) is 20.0. The van der Waals surface area contributed by atoms with E-state index in [-0.39, 0.29) is 85.4 Å². The summed E-state index contributed by atoms with van der Waals surface area (Å²) in [5.74, 6) is 5.09. The number of anilines is 3. The smallest absolute Gasteiger partial charge is 0.263 e. The number of aliphatic hydroxyl groups is 1. The van der Waals surface area contributed by atoms with Crippen LogP contribution in [-0.4, -0.2) is 120 Å². The van der Waals surface area contributed by atoms with Crippen molar-refractivity contribution < 1.29 is 29.1 Å². The molecule has 18 nitrogen and oxygen atoms in total. The van der Waals surface area contributed by atoms with Crippen molar-refractivity contribution >= 4 is 69.2 Å². The largest absolute Gasteiger partial charge is 0.391 e. The molecule has 378 valence electrons. The Morgan fingerprint density at radius 3 is 2.32 bits per heavy atom. The minimum absolute atomic E-state index is 0.0103. The van der Waals surface area contributed by atoms with Crippen molar-refractivity contribution in [1.82, 2.24) is 44.9 Å². The predicted molar refractivity (Wildman–Crippen MR) is 276 cm³/mol. The second kappa shape index (κ2) is 22.2. The van der Waals surface area contributed by atoms with Gasteiger partial charge in [0.15, 0.2) is 5.78 Å². The minimum atomic E-state index is -0.963. The minimum Gasteiger partial charge on any atom is -0.391 e. The first kappa shape index (κ1) is 51.3. The molecule has 4 N–H and O–H groups in total. The second-order valence-corrected chi connectivity index (χ2v) is 20.8. The van der Waals surface area contributed by atoms with E-state index >= 15 is 0 Å². The number of nitrogens with zero attached hydrogens (tertiary/aromatic N) is 8. The number of aliphatic hydroxyl groups excluding tert-OH is 1. The van der Waals surface area contributed by atoms with Crippen molar-refractivity contribution in [3.8, 4) is 22.3 Å². The van der Waals surface area contributed by atoms with Crippen LogP contribution in [-0.2, 0) is 25.7 Å². The molecule has 2 saturated heterocycles. The number of pyridine rings is 2. The first-order chi connectivity index (χ1) is 34.5. The Hall–Kier alpha value is -7.04. The molecule has 3 fully saturated rings. The number of aryl methyl sites for hydroxylation is 2. The Morgan fingerprint density at radius 1 is 0.931 bits per heavy atom. The normalized spacial score (nSPS) is 17.6. The molecule has 19 heteroatoms. The monoisotopic (exact) mass is 997 g/mol. The van der Waals surface area contributed by atoms with Crippen molar-refractivity contribution in [1.29, 1.82) is 0 Å². The van der Waals surface area contributed by atoms with Gasteiger partial charge in [-0.25, -0.2) is 15.0 Å². The standard InChI is InChI=1S/C53H63N11O7S/c1-32-40-29-56-52(60-48(40)64(37-12-10-11-13-37)50(70)45(32)34(3)65)58-42-21-20-38(28-54-42)61-22-24-62(25-23-61)44(68)15-9-7-8-14-43(67)59-47(53(4,5)6)51(71)63-30-39(66)26-41(63)49(69)55-27-35-16-18-36(19-17-35)46-33(2)57-31-72-46/h16-21,28-29,31,37,39,41,47,66H,8,10-15,22-27,30H2,1-6H3,(H,55,69)(H,59,67)(H,54,56,58,60)/t39-,41+,47?/m1/s1. The number of thiazole rings is 1. The summed E-state index contributed by atoms with van der Waals surface area (Å²) < 4.78 is 1.68. The van der Waals surface area contributed by atoms with Gasteiger partial charge in [-0.15, -0.1) is 17.3 Å². The lowest BCUT2D eigenvalue weighted by atomic mass is 9.85. The zero-order valence-electron chi connectivity index (χ0n) is 41.8. The number of Topliss-reactive ketones (excluding diaryl/α,β-unsaturated/α-hetero) is 1. The van der Waals surface area contributed by atoms with Crippen LogP contribution in [0.2, 0.25) is 0 Å². The fraction of sp³-hybridized carbons (Fsp3) is 0.472. The number of rotatable bonds is 14. The Kier molecular flexibility index (Phi) is 15.8. The summed E-state index contributed by atoms with van der Waals surface area (Å²) in [6.45, 7) is 13.1. The van der Waals surface area contributed by atoms with Gasteiger partial charge in [-0.2, -0.15) is 4.98 Å². The molecule has 0 bridgehead atoms. The summed E-state index contributed by atoms with van der Waals surface area (Å²) >= 11 is 1.57. The van der Waals surface area contributed by atoms with Gasteiger partial charge in [-0.3, -0.25) is 33.3 Å². The van der Waals surface area contributed by atoms with Gasteiger partial charge >= 0.3 is 0 Å². The maximum atomic E-state index is 14.0. The lowest BCUT2D eigenvalue weighted by Gasteiger charge is -2.35. The molecule has 3 aliphatic rings. The van der Waals surface area contributed by atoms with Crippen LogP contribution in [0.3, 0.4) is 0 Å². The van der Waals surface area contributed by atoms with Gasteiger partial charge in [0.2, 0.25) is 29.6 Å². The molecule has 1 aromatic carbocycles. The van der Waals surface area contributed by atoms with Crippen LogP contribution in [0.4, 0.5) is 17.5 Å². The molecule has 1 aliphatic carbocycles. The SMILES string of the molecule is CC(=O)c1c(C)c2cnc(Nc3ccc(N4CCN(C(=O)CC#CCCC(=O)NC(C(=O)N5C[C@H](O)C[C@H]5C(=O)NCc5ccc(-c6scnc6C)cc5)C(C)(C)C)CC4)cn3)nc2n(C2CCCC2)c1=O. The van der Waals surface area contributed by atoms with Gasteiger partial charge in [-0.05, 0) is 67.9 Å². The quantitative estimate of drug-likeness (QED) is 0.0785. The highest BCUT2D eigenvalue weighted by molar-refractivity contribution is 7.13. The van der Waals surface area contributed by atoms with E-state index in [0.717, 1.165) is 53.1 Å². The Labute approximate surface area is 423 Å². The molecule has 72 heavy (non-hydrogen) atoms. The number of aromatic nitrogens is 5.